The van der Waals surface area contributed by atoms with Crippen molar-refractivity contribution >= 4 is 0 Å². The van der Waals surface area contributed by atoms with E-state index in [1.807, 2.05) is 0 Å². The fraction of sp³-hybridized carbons (Fsp3) is 0.474. The SMILES string of the molecule is C1=CC(CN(Cc2ccccc2)C2CCOCC2)=CCC1. The molecule has 1 aromatic rings. The smallest absolute Gasteiger partial charge is 0.0480 e. The normalized spacial score (nSPS) is 19.8. The fourth-order valence-corrected chi connectivity index (χ4v) is 3.20. The van der Waals surface area contributed by atoms with Crippen LogP contribution >= 0.6 is 0 Å². The zero-order valence-electron chi connectivity index (χ0n) is 12.7. The van der Waals surface area contributed by atoms with Crippen LogP contribution in [0.25, 0.3) is 0 Å². The highest BCUT2D eigenvalue weighted by atomic mass is 16.5. The maximum absolute atomic E-state index is 5.53. The molecule has 1 aliphatic heterocycles. The molecule has 0 saturated carbocycles. The van der Waals surface area contributed by atoms with E-state index < -0.39 is 0 Å². The van der Waals surface area contributed by atoms with Crippen LogP contribution in [0, 0.1) is 0 Å². The average molecular weight is 283 g/mol. The van der Waals surface area contributed by atoms with E-state index in [0.29, 0.717) is 6.04 Å². The van der Waals surface area contributed by atoms with E-state index in [1.165, 1.54) is 24.0 Å². The van der Waals surface area contributed by atoms with Crippen molar-refractivity contribution in [3.8, 4) is 0 Å². The van der Waals surface area contributed by atoms with E-state index >= 15 is 0 Å². The lowest BCUT2D eigenvalue weighted by molar-refractivity contribution is 0.0346. The van der Waals surface area contributed by atoms with Gasteiger partial charge in [0.1, 0.15) is 0 Å². The van der Waals surface area contributed by atoms with E-state index in [0.717, 1.165) is 39.1 Å². The van der Waals surface area contributed by atoms with Gasteiger partial charge in [0.15, 0.2) is 0 Å². The van der Waals surface area contributed by atoms with Crippen molar-refractivity contribution in [2.24, 2.45) is 0 Å². The van der Waals surface area contributed by atoms with Gasteiger partial charge in [-0.2, -0.15) is 0 Å². The van der Waals surface area contributed by atoms with E-state index in [2.05, 4.69) is 53.5 Å². The first-order valence-corrected chi connectivity index (χ1v) is 8.13. The summed E-state index contributed by atoms with van der Waals surface area (Å²) in [5.41, 5.74) is 2.88. The average Bonchev–Trinajstić information content (AvgIpc) is 2.57. The number of nitrogens with zero attached hydrogens (tertiary/aromatic N) is 1. The molecule has 2 nitrogen and oxygen atoms in total. The minimum absolute atomic E-state index is 0.648. The zero-order valence-corrected chi connectivity index (χ0v) is 12.7. The molecule has 21 heavy (non-hydrogen) atoms. The molecular weight excluding hydrogens is 258 g/mol. The molecule has 0 spiro atoms. The van der Waals surface area contributed by atoms with Gasteiger partial charge in [-0.1, -0.05) is 48.6 Å². The summed E-state index contributed by atoms with van der Waals surface area (Å²) in [5, 5.41) is 0. The van der Waals surface area contributed by atoms with Crippen LogP contribution in [0.2, 0.25) is 0 Å². The van der Waals surface area contributed by atoms with Gasteiger partial charge in [-0.15, -0.1) is 0 Å². The van der Waals surface area contributed by atoms with Gasteiger partial charge in [0.2, 0.25) is 0 Å². The number of hydrogen-bond donors (Lipinski definition) is 0. The Morgan fingerprint density at radius 2 is 1.81 bits per heavy atom. The third-order valence-corrected chi connectivity index (χ3v) is 4.39. The minimum Gasteiger partial charge on any atom is -0.381 e. The Morgan fingerprint density at radius 1 is 1.00 bits per heavy atom. The topological polar surface area (TPSA) is 12.5 Å². The van der Waals surface area contributed by atoms with Crippen LogP contribution in [-0.4, -0.2) is 30.7 Å². The minimum atomic E-state index is 0.648. The maximum atomic E-state index is 5.53. The fourth-order valence-electron chi connectivity index (χ4n) is 3.20. The van der Waals surface area contributed by atoms with Gasteiger partial charge in [-0.25, -0.2) is 0 Å². The van der Waals surface area contributed by atoms with E-state index in [9.17, 15) is 0 Å². The standard InChI is InChI=1S/C19H25NO/c1-3-7-17(8-4-1)15-20(19-11-13-21-14-12-19)16-18-9-5-2-6-10-18/h1,3-5,7-10,19H,2,6,11-16H2. The van der Waals surface area contributed by atoms with Crippen molar-refractivity contribution in [1.29, 1.82) is 0 Å². The van der Waals surface area contributed by atoms with Crippen molar-refractivity contribution < 1.29 is 4.74 Å². The van der Waals surface area contributed by atoms with Crippen molar-refractivity contribution in [1.82, 2.24) is 4.90 Å². The largest absolute Gasteiger partial charge is 0.381 e. The number of ether oxygens (including phenoxy) is 1. The molecule has 1 fully saturated rings. The van der Waals surface area contributed by atoms with Crippen LogP contribution in [0.5, 0.6) is 0 Å². The first kappa shape index (κ1) is 14.6. The lowest BCUT2D eigenvalue weighted by Gasteiger charge is -2.35. The van der Waals surface area contributed by atoms with Crippen molar-refractivity contribution in [2.45, 2.75) is 38.3 Å². The first-order chi connectivity index (χ1) is 10.4. The number of benzene rings is 1. The van der Waals surface area contributed by atoms with Crippen LogP contribution in [0.4, 0.5) is 0 Å². The van der Waals surface area contributed by atoms with Crippen LogP contribution in [0.3, 0.4) is 0 Å². The predicted molar refractivity (Wildman–Crippen MR) is 87.2 cm³/mol. The number of hydrogen-bond acceptors (Lipinski definition) is 2. The molecular formula is C19H25NO. The second kappa shape index (κ2) is 7.58. The van der Waals surface area contributed by atoms with Crippen molar-refractivity contribution in [3.05, 3.63) is 59.7 Å². The molecule has 0 aromatic heterocycles. The monoisotopic (exact) mass is 283 g/mol. The van der Waals surface area contributed by atoms with Crippen molar-refractivity contribution in [3.63, 3.8) is 0 Å². The van der Waals surface area contributed by atoms with E-state index in [4.69, 9.17) is 4.74 Å². The quantitative estimate of drug-likeness (QED) is 0.811. The van der Waals surface area contributed by atoms with Crippen molar-refractivity contribution in [2.75, 3.05) is 19.8 Å². The molecule has 0 N–H and O–H groups in total. The molecule has 2 aliphatic rings. The molecule has 2 heteroatoms. The summed E-state index contributed by atoms with van der Waals surface area (Å²) >= 11 is 0. The Kier molecular flexibility index (Phi) is 5.25. The van der Waals surface area contributed by atoms with Gasteiger partial charge >= 0.3 is 0 Å². The molecule has 0 bridgehead atoms. The highest BCUT2D eigenvalue weighted by Crippen LogP contribution is 2.21. The van der Waals surface area contributed by atoms with Gasteiger partial charge in [0, 0.05) is 32.3 Å². The summed E-state index contributed by atoms with van der Waals surface area (Å²) in [6.07, 6.45) is 11.7. The third-order valence-electron chi connectivity index (χ3n) is 4.39. The highest BCUT2D eigenvalue weighted by Gasteiger charge is 2.22. The van der Waals surface area contributed by atoms with Gasteiger partial charge in [0.25, 0.3) is 0 Å². The first-order valence-electron chi connectivity index (χ1n) is 8.13. The summed E-state index contributed by atoms with van der Waals surface area (Å²) in [5.74, 6) is 0. The molecule has 0 unspecified atom stereocenters. The molecule has 1 aromatic carbocycles. The Morgan fingerprint density at radius 3 is 2.52 bits per heavy atom. The molecule has 1 aliphatic carbocycles. The van der Waals surface area contributed by atoms with Crippen LogP contribution in [0.1, 0.15) is 31.2 Å². The second-order valence-electron chi connectivity index (χ2n) is 5.99. The van der Waals surface area contributed by atoms with Gasteiger partial charge < -0.3 is 4.74 Å². The lowest BCUT2D eigenvalue weighted by atomic mass is 10.0. The predicted octanol–water partition coefficient (Wildman–Crippen LogP) is 3.94. The highest BCUT2D eigenvalue weighted by molar-refractivity contribution is 5.24. The summed E-state index contributed by atoms with van der Waals surface area (Å²) in [6.45, 7) is 3.92. The maximum Gasteiger partial charge on any atom is 0.0480 e. The summed E-state index contributed by atoms with van der Waals surface area (Å²) in [6, 6.07) is 11.5. The molecule has 0 atom stereocenters. The Bertz CT molecular complexity index is 486. The van der Waals surface area contributed by atoms with Gasteiger partial charge in [-0.05, 0) is 36.8 Å². The Balaban J connectivity index is 1.70. The van der Waals surface area contributed by atoms with Crippen LogP contribution < -0.4 is 0 Å². The van der Waals surface area contributed by atoms with Crippen LogP contribution in [0.15, 0.2) is 54.1 Å². The number of allylic oxidation sites excluding steroid dienone is 2. The Hall–Kier alpha value is -1.38. The van der Waals surface area contributed by atoms with Gasteiger partial charge in [0.05, 0.1) is 0 Å². The zero-order chi connectivity index (χ0) is 14.3. The summed E-state index contributed by atoms with van der Waals surface area (Å²) < 4.78 is 5.53. The molecule has 3 rings (SSSR count). The number of rotatable bonds is 5. The summed E-state index contributed by atoms with van der Waals surface area (Å²) in [7, 11) is 0. The molecule has 112 valence electrons. The van der Waals surface area contributed by atoms with Crippen LogP contribution in [-0.2, 0) is 11.3 Å². The summed E-state index contributed by atoms with van der Waals surface area (Å²) in [4.78, 5) is 2.64. The van der Waals surface area contributed by atoms with Gasteiger partial charge in [-0.3, -0.25) is 4.90 Å². The Labute approximate surface area is 128 Å². The lowest BCUT2D eigenvalue weighted by Crippen LogP contribution is -2.40. The third kappa shape index (κ3) is 4.29. The second-order valence-corrected chi connectivity index (χ2v) is 5.99. The molecule has 1 saturated heterocycles. The van der Waals surface area contributed by atoms with E-state index in [-0.39, 0.29) is 0 Å². The molecule has 0 amide bonds. The molecule has 1 heterocycles. The molecule has 0 radical (unpaired) electrons. The van der Waals surface area contributed by atoms with E-state index in [1.54, 1.807) is 0 Å².